The van der Waals surface area contributed by atoms with Crippen LogP contribution in [0, 0.1) is 0 Å². The van der Waals surface area contributed by atoms with Crippen LogP contribution in [0.1, 0.15) is 71.1 Å². The zero-order chi connectivity index (χ0) is 13.2. The predicted molar refractivity (Wildman–Crippen MR) is 76.4 cm³/mol. The summed E-state index contributed by atoms with van der Waals surface area (Å²) in [6.07, 6.45) is 11.7. The summed E-state index contributed by atoms with van der Waals surface area (Å²) in [4.78, 5) is 13.9. The number of amides is 1. The molecule has 0 bridgehead atoms. The van der Waals surface area contributed by atoms with E-state index in [9.17, 15) is 4.79 Å². The Morgan fingerprint density at radius 3 is 2.50 bits per heavy atom. The van der Waals surface area contributed by atoms with Gasteiger partial charge in [0.15, 0.2) is 0 Å². The molecule has 1 saturated heterocycles. The van der Waals surface area contributed by atoms with Gasteiger partial charge in [0.2, 0.25) is 5.91 Å². The maximum atomic E-state index is 11.9. The van der Waals surface area contributed by atoms with Crippen LogP contribution >= 0.6 is 0 Å². The van der Waals surface area contributed by atoms with Crippen molar-refractivity contribution in [2.75, 3.05) is 13.1 Å². The number of likely N-dealkylation sites (tertiary alicyclic amines) is 1. The molecule has 1 unspecified atom stereocenters. The third-order valence-corrected chi connectivity index (χ3v) is 3.80. The standard InChI is InChI=1S/C15H30N2O/c1-2-3-4-5-6-7-8-11-15(18)17-12-9-10-14(16)13-17/h14H,2-13,16H2,1H3. The fourth-order valence-corrected chi connectivity index (χ4v) is 2.63. The average molecular weight is 254 g/mol. The van der Waals surface area contributed by atoms with Crippen molar-refractivity contribution in [1.29, 1.82) is 0 Å². The average Bonchev–Trinajstić information content (AvgIpc) is 2.37. The van der Waals surface area contributed by atoms with Gasteiger partial charge in [0, 0.05) is 25.6 Å². The van der Waals surface area contributed by atoms with Crippen molar-refractivity contribution in [3.8, 4) is 0 Å². The Balaban J connectivity index is 1.99. The van der Waals surface area contributed by atoms with Crippen molar-refractivity contribution in [2.24, 2.45) is 5.73 Å². The normalized spacial score (nSPS) is 20.1. The van der Waals surface area contributed by atoms with E-state index in [-0.39, 0.29) is 6.04 Å². The number of rotatable bonds is 8. The Bertz CT molecular complexity index is 231. The lowest BCUT2D eigenvalue weighted by molar-refractivity contribution is -0.132. The van der Waals surface area contributed by atoms with Crippen molar-refractivity contribution in [2.45, 2.75) is 77.2 Å². The number of nitrogens with two attached hydrogens (primary N) is 1. The van der Waals surface area contributed by atoms with Gasteiger partial charge in [0.05, 0.1) is 0 Å². The molecule has 3 heteroatoms. The molecule has 0 aromatic heterocycles. The summed E-state index contributed by atoms with van der Waals surface area (Å²) in [6.45, 7) is 3.93. The SMILES string of the molecule is CCCCCCCCCC(=O)N1CCCC(N)C1. The minimum absolute atomic E-state index is 0.205. The summed E-state index contributed by atoms with van der Waals surface area (Å²) in [5.41, 5.74) is 5.89. The van der Waals surface area contributed by atoms with Crippen LogP contribution in [0.4, 0.5) is 0 Å². The Hall–Kier alpha value is -0.570. The molecule has 1 atom stereocenters. The topological polar surface area (TPSA) is 46.3 Å². The maximum absolute atomic E-state index is 11.9. The van der Waals surface area contributed by atoms with Crippen molar-refractivity contribution in [1.82, 2.24) is 4.90 Å². The van der Waals surface area contributed by atoms with Gasteiger partial charge in [-0.3, -0.25) is 4.79 Å². The summed E-state index contributed by atoms with van der Waals surface area (Å²) >= 11 is 0. The second-order valence-electron chi connectivity index (χ2n) is 5.61. The molecule has 0 aromatic carbocycles. The molecule has 18 heavy (non-hydrogen) atoms. The van der Waals surface area contributed by atoms with E-state index in [1.807, 2.05) is 4.90 Å². The number of carbonyl (C=O) groups is 1. The molecule has 1 amide bonds. The van der Waals surface area contributed by atoms with Crippen LogP contribution < -0.4 is 5.73 Å². The Kier molecular flexibility index (Phi) is 8.06. The highest BCUT2D eigenvalue weighted by Crippen LogP contribution is 2.13. The van der Waals surface area contributed by atoms with Crippen LogP contribution in [0.5, 0.6) is 0 Å². The van der Waals surface area contributed by atoms with Gasteiger partial charge in [-0.1, -0.05) is 45.4 Å². The minimum Gasteiger partial charge on any atom is -0.341 e. The highest BCUT2D eigenvalue weighted by atomic mass is 16.2. The van der Waals surface area contributed by atoms with Gasteiger partial charge < -0.3 is 10.6 Å². The highest BCUT2D eigenvalue weighted by Gasteiger charge is 2.20. The summed E-state index contributed by atoms with van der Waals surface area (Å²) in [5, 5.41) is 0. The second kappa shape index (κ2) is 9.37. The quantitative estimate of drug-likeness (QED) is 0.677. The molecule has 0 aliphatic carbocycles. The number of piperidine rings is 1. The first-order valence-corrected chi connectivity index (χ1v) is 7.77. The number of nitrogens with zero attached hydrogens (tertiary/aromatic N) is 1. The molecule has 3 nitrogen and oxygen atoms in total. The first kappa shape index (κ1) is 15.5. The van der Waals surface area contributed by atoms with E-state index in [1.165, 1.54) is 38.5 Å². The summed E-state index contributed by atoms with van der Waals surface area (Å²) in [7, 11) is 0. The minimum atomic E-state index is 0.205. The molecule has 2 N–H and O–H groups in total. The summed E-state index contributed by atoms with van der Waals surface area (Å²) in [5.74, 6) is 0.318. The molecule has 1 heterocycles. The lowest BCUT2D eigenvalue weighted by atomic mass is 10.0. The third kappa shape index (κ3) is 6.39. The van der Waals surface area contributed by atoms with E-state index < -0.39 is 0 Å². The molecule has 0 saturated carbocycles. The van der Waals surface area contributed by atoms with Crippen molar-refractivity contribution in [3.63, 3.8) is 0 Å². The van der Waals surface area contributed by atoms with Crippen LogP contribution in [0.15, 0.2) is 0 Å². The van der Waals surface area contributed by atoms with Gasteiger partial charge in [0.1, 0.15) is 0 Å². The van der Waals surface area contributed by atoms with Crippen molar-refractivity contribution >= 4 is 5.91 Å². The van der Waals surface area contributed by atoms with E-state index in [2.05, 4.69) is 6.92 Å². The Labute approximate surface area is 112 Å². The molecule has 0 radical (unpaired) electrons. The van der Waals surface area contributed by atoms with Gasteiger partial charge >= 0.3 is 0 Å². The molecule has 1 fully saturated rings. The van der Waals surface area contributed by atoms with Crippen molar-refractivity contribution in [3.05, 3.63) is 0 Å². The molecule has 0 aromatic rings. The van der Waals surface area contributed by atoms with Gasteiger partial charge in [0.25, 0.3) is 0 Å². The van der Waals surface area contributed by atoms with Crippen LogP contribution in [0.3, 0.4) is 0 Å². The first-order chi connectivity index (χ1) is 8.74. The third-order valence-electron chi connectivity index (χ3n) is 3.80. The smallest absolute Gasteiger partial charge is 0.222 e. The van der Waals surface area contributed by atoms with E-state index in [0.29, 0.717) is 5.91 Å². The van der Waals surface area contributed by atoms with Gasteiger partial charge in [-0.2, -0.15) is 0 Å². The number of hydrogen-bond acceptors (Lipinski definition) is 2. The highest BCUT2D eigenvalue weighted by molar-refractivity contribution is 5.76. The first-order valence-electron chi connectivity index (χ1n) is 7.77. The van der Waals surface area contributed by atoms with Crippen LogP contribution in [0.2, 0.25) is 0 Å². The number of hydrogen-bond donors (Lipinski definition) is 1. The second-order valence-corrected chi connectivity index (χ2v) is 5.61. The lowest BCUT2D eigenvalue weighted by Gasteiger charge is -2.30. The zero-order valence-electron chi connectivity index (χ0n) is 12.0. The molecule has 1 aliphatic heterocycles. The lowest BCUT2D eigenvalue weighted by Crippen LogP contribution is -2.45. The molecule has 106 valence electrons. The Morgan fingerprint density at radius 2 is 1.83 bits per heavy atom. The van der Waals surface area contributed by atoms with Crippen molar-refractivity contribution < 1.29 is 4.79 Å². The summed E-state index contributed by atoms with van der Waals surface area (Å²) in [6, 6.07) is 0.205. The predicted octanol–water partition coefficient (Wildman–Crippen LogP) is 3.08. The number of unbranched alkanes of at least 4 members (excludes halogenated alkanes) is 6. The van der Waals surface area contributed by atoms with Crippen LogP contribution in [-0.2, 0) is 4.79 Å². The fraction of sp³-hybridized carbons (Fsp3) is 0.933. The monoisotopic (exact) mass is 254 g/mol. The number of carbonyl (C=O) groups excluding carboxylic acids is 1. The zero-order valence-corrected chi connectivity index (χ0v) is 12.0. The van der Waals surface area contributed by atoms with E-state index in [1.54, 1.807) is 0 Å². The van der Waals surface area contributed by atoms with E-state index in [0.717, 1.165) is 38.8 Å². The molecule has 1 rings (SSSR count). The van der Waals surface area contributed by atoms with Gasteiger partial charge in [-0.25, -0.2) is 0 Å². The fourth-order valence-electron chi connectivity index (χ4n) is 2.63. The molecular weight excluding hydrogens is 224 g/mol. The van der Waals surface area contributed by atoms with Crippen LogP contribution in [0.25, 0.3) is 0 Å². The Morgan fingerprint density at radius 1 is 1.17 bits per heavy atom. The van der Waals surface area contributed by atoms with Gasteiger partial charge in [-0.05, 0) is 19.3 Å². The molecule has 1 aliphatic rings. The summed E-state index contributed by atoms with van der Waals surface area (Å²) < 4.78 is 0. The molecular formula is C15H30N2O. The van der Waals surface area contributed by atoms with Gasteiger partial charge in [-0.15, -0.1) is 0 Å². The van der Waals surface area contributed by atoms with E-state index in [4.69, 9.17) is 5.73 Å². The van der Waals surface area contributed by atoms with E-state index >= 15 is 0 Å². The van der Waals surface area contributed by atoms with Crippen LogP contribution in [-0.4, -0.2) is 29.9 Å². The maximum Gasteiger partial charge on any atom is 0.222 e. The largest absolute Gasteiger partial charge is 0.341 e. The molecule has 0 spiro atoms.